The lowest BCUT2D eigenvalue weighted by molar-refractivity contribution is 0.208. The molecule has 146 valence electrons. The first kappa shape index (κ1) is 19.4. The third-order valence-electron chi connectivity index (χ3n) is 4.50. The Balaban J connectivity index is 1.92. The molecule has 0 aliphatic rings. The second kappa shape index (κ2) is 7.34. The van der Waals surface area contributed by atoms with E-state index < -0.39 is 40.9 Å². The van der Waals surface area contributed by atoms with Crippen LogP contribution in [-0.4, -0.2) is 23.0 Å². The molecular formula is C19H15F4N3O2. The molecule has 3 rings (SSSR count). The Morgan fingerprint density at radius 1 is 1.00 bits per heavy atom. The number of carbonyl (C=O) groups is 1. The zero-order chi connectivity index (χ0) is 20.6. The highest BCUT2D eigenvalue weighted by molar-refractivity contribution is 5.90. The lowest BCUT2D eigenvalue weighted by Gasteiger charge is -2.26. The van der Waals surface area contributed by atoms with Crippen LogP contribution in [0.2, 0.25) is 0 Å². The molecule has 1 aromatic heterocycles. The van der Waals surface area contributed by atoms with Gasteiger partial charge in [0, 0.05) is 25.0 Å². The molecule has 0 bridgehead atoms. The molecule has 2 aromatic carbocycles. The third-order valence-corrected chi connectivity index (χ3v) is 4.50. The Morgan fingerprint density at radius 3 is 2.25 bits per heavy atom. The zero-order valence-corrected chi connectivity index (χ0v) is 14.8. The number of aromatic amines is 1. The quantitative estimate of drug-likeness (QED) is 0.652. The molecule has 2 N–H and O–H groups in total. The minimum Gasteiger partial charge on any atom is -0.328 e. The van der Waals surface area contributed by atoms with E-state index in [2.05, 4.69) is 10.3 Å². The summed E-state index contributed by atoms with van der Waals surface area (Å²) in [5.74, 6) is -4.45. The number of benzene rings is 2. The van der Waals surface area contributed by atoms with Crippen molar-refractivity contribution >= 4 is 22.5 Å². The van der Waals surface area contributed by atoms with Gasteiger partial charge >= 0.3 is 6.03 Å². The Kier molecular flexibility index (Phi) is 5.08. The number of nitrogens with one attached hydrogen (secondary N) is 2. The predicted octanol–water partition coefficient (Wildman–Crippen LogP) is 4.31. The fourth-order valence-electron chi connectivity index (χ4n) is 2.79. The molecule has 1 atom stereocenters. The fraction of sp³-hybridized carbons (Fsp3) is 0.158. The van der Waals surface area contributed by atoms with Gasteiger partial charge < -0.3 is 15.2 Å². The molecule has 0 radical (unpaired) electrons. The molecule has 0 saturated carbocycles. The van der Waals surface area contributed by atoms with Crippen LogP contribution in [0.3, 0.4) is 0 Å². The number of aromatic nitrogens is 1. The number of hydrogen-bond acceptors (Lipinski definition) is 2. The van der Waals surface area contributed by atoms with Crippen molar-refractivity contribution in [2.45, 2.75) is 13.0 Å². The van der Waals surface area contributed by atoms with Gasteiger partial charge in [0.15, 0.2) is 23.3 Å². The number of nitrogens with zero attached hydrogens (tertiary/aromatic N) is 1. The van der Waals surface area contributed by atoms with E-state index in [1.165, 1.54) is 24.2 Å². The number of hydrogen-bond donors (Lipinski definition) is 2. The van der Waals surface area contributed by atoms with Crippen LogP contribution in [0.25, 0.3) is 10.8 Å². The number of halogens is 4. The Morgan fingerprint density at radius 2 is 1.61 bits per heavy atom. The van der Waals surface area contributed by atoms with E-state index in [1.807, 2.05) is 0 Å². The number of pyridine rings is 1. The maximum atomic E-state index is 13.7. The topological polar surface area (TPSA) is 65.2 Å². The van der Waals surface area contributed by atoms with Crippen molar-refractivity contribution < 1.29 is 22.4 Å². The average molecular weight is 393 g/mol. The maximum absolute atomic E-state index is 13.7. The molecule has 0 fully saturated rings. The number of carbonyl (C=O) groups excluding carboxylic acids is 1. The van der Waals surface area contributed by atoms with E-state index in [1.54, 1.807) is 6.92 Å². The van der Waals surface area contributed by atoms with Crippen molar-refractivity contribution in [1.29, 1.82) is 0 Å². The monoisotopic (exact) mass is 393 g/mol. The van der Waals surface area contributed by atoms with Gasteiger partial charge in [0.2, 0.25) is 0 Å². The highest BCUT2D eigenvalue weighted by atomic mass is 19.2. The van der Waals surface area contributed by atoms with E-state index in [-0.39, 0.29) is 16.5 Å². The van der Waals surface area contributed by atoms with Gasteiger partial charge in [-0.1, -0.05) is 0 Å². The molecule has 0 aliphatic carbocycles. The largest absolute Gasteiger partial charge is 0.328 e. The number of fused-ring (bicyclic) bond motifs is 1. The molecule has 5 nitrogen and oxygen atoms in total. The summed E-state index contributed by atoms with van der Waals surface area (Å²) in [5.41, 5.74) is -0.183. The lowest BCUT2D eigenvalue weighted by atomic mass is 10.0. The minimum absolute atomic E-state index is 0.0439. The first-order valence-electron chi connectivity index (χ1n) is 8.18. The van der Waals surface area contributed by atoms with Crippen molar-refractivity contribution in [2.75, 3.05) is 12.4 Å². The summed E-state index contributed by atoms with van der Waals surface area (Å²) >= 11 is 0. The van der Waals surface area contributed by atoms with Gasteiger partial charge in [-0.3, -0.25) is 4.79 Å². The summed E-state index contributed by atoms with van der Waals surface area (Å²) in [6, 6.07) is 3.27. The van der Waals surface area contributed by atoms with Crippen molar-refractivity contribution in [1.82, 2.24) is 9.88 Å². The van der Waals surface area contributed by atoms with E-state index in [4.69, 9.17) is 0 Å². The van der Waals surface area contributed by atoms with Crippen LogP contribution in [0.4, 0.5) is 28.0 Å². The average Bonchev–Trinajstić information content (AvgIpc) is 2.65. The molecule has 1 heterocycles. The number of rotatable bonds is 3. The number of anilines is 1. The summed E-state index contributed by atoms with van der Waals surface area (Å²) in [6.07, 6.45) is 1.31. The summed E-state index contributed by atoms with van der Waals surface area (Å²) in [7, 11) is 1.43. The van der Waals surface area contributed by atoms with Crippen molar-refractivity contribution in [3.8, 4) is 0 Å². The molecule has 2 amide bonds. The van der Waals surface area contributed by atoms with Gasteiger partial charge in [-0.05, 0) is 42.1 Å². The first-order chi connectivity index (χ1) is 13.2. The smallest absolute Gasteiger partial charge is 0.322 e. The van der Waals surface area contributed by atoms with Crippen molar-refractivity contribution in [3.05, 3.63) is 75.7 Å². The van der Waals surface area contributed by atoms with E-state index in [9.17, 15) is 27.2 Å². The van der Waals surface area contributed by atoms with Crippen LogP contribution >= 0.6 is 0 Å². The Bertz CT molecular complexity index is 1130. The van der Waals surface area contributed by atoms with Gasteiger partial charge in [-0.25, -0.2) is 22.4 Å². The van der Waals surface area contributed by atoms with E-state index in [0.29, 0.717) is 5.56 Å². The van der Waals surface area contributed by atoms with Gasteiger partial charge in [-0.2, -0.15) is 0 Å². The van der Waals surface area contributed by atoms with Gasteiger partial charge in [0.1, 0.15) is 0 Å². The Hall–Kier alpha value is -3.36. The maximum Gasteiger partial charge on any atom is 0.322 e. The molecule has 0 aliphatic heterocycles. The van der Waals surface area contributed by atoms with Gasteiger partial charge in [0.05, 0.1) is 11.4 Å². The number of amides is 2. The molecule has 28 heavy (non-hydrogen) atoms. The molecule has 3 aromatic rings. The Labute approximate surface area is 156 Å². The van der Waals surface area contributed by atoms with Crippen LogP contribution in [0.15, 0.2) is 41.3 Å². The van der Waals surface area contributed by atoms with E-state index in [0.717, 1.165) is 24.3 Å². The molecule has 0 spiro atoms. The predicted molar refractivity (Wildman–Crippen MR) is 96.0 cm³/mol. The van der Waals surface area contributed by atoms with Crippen LogP contribution < -0.4 is 10.9 Å². The lowest BCUT2D eigenvalue weighted by Crippen LogP contribution is -2.34. The van der Waals surface area contributed by atoms with Crippen LogP contribution in [-0.2, 0) is 0 Å². The number of H-pyrrole nitrogens is 1. The molecule has 1 unspecified atom stereocenters. The number of urea groups is 1. The van der Waals surface area contributed by atoms with Crippen molar-refractivity contribution in [2.24, 2.45) is 0 Å². The molecular weight excluding hydrogens is 378 g/mol. The SMILES string of the molecule is CC(c1c[nH]c(=O)c2cc(F)c(F)cc12)N(C)C(=O)Nc1ccc(F)c(F)c1. The van der Waals surface area contributed by atoms with Crippen LogP contribution in [0.1, 0.15) is 18.5 Å². The van der Waals surface area contributed by atoms with Gasteiger partial charge in [-0.15, -0.1) is 0 Å². The highest BCUT2D eigenvalue weighted by Crippen LogP contribution is 2.27. The van der Waals surface area contributed by atoms with Crippen molar-refractivity contribution in [3.63, 3.8) is 0 Å². The highest BCUT2D eigenvalue weighted by Gasteiger charge is 2.21. The van der Waals surface area contributed by atoms with Crippen LogP contribution in [0, 0.1) is 23.3 Å². The fourth-order valence-corrected chi connectivity index (χ4v) is 2.79. The summed E-state index contributed by atoms with van der Waals surface area (Å²) in [4.78, 5) is 28.0. The summed E-state index contributed by atoms with van der Waals surface area (Å²) < 4.78 is 53.5. The first-order valence-corrected chi connectivity index (χ1v) is 8.18. The third kappa shape index (κ3) is 3.55. The minimum atomic E-state index is -1.16. The van der Waals surface area contributed by atoms with Gasteiger partial charge in [0.25, 0.3) is 5.56 Å². The zero-order valence-electron chi connectivity index (χ0n) is 14.8. The van der Waals surface area contributed by atoms with Crippen LogP contribution in [0.5, 0.6) is 0 Å². The standard InChI is InChI=1S/C19H15F4N3O2/c1-9(26(2)19(28)25-10-3-4-14(20)15(21)5-10)13-8-24-18(27)12-7-17(23)16(22)6-11(12)13/h3-9H,1-2H3,(H,24,27)(H,25,28). The molecule has 0 saturated heterocycles. The second-order valence-electron chi connectivity index (χ2n) is 6.23. The molecule has 9 heteroatoms. The summed E-state index contributed by atoms with van der Waals surface area (Å²) in [5, 5.41) is 2.51. The summed E-state index contributed by atoms with van der Waals surface area (Å²) in [6.45, 7) is 1.61. The second-order valence-corrected chi connectivity index (χ2v) is 6.23. The normalized spacial score (nSPS) is 12.1. The van der Waals surface area contributed by atoms with E-state index >= 15 is 0 Å².